The number of rotatable bonds is 4. The molecule has 0 radical (unpaired) electrons. The SMILES string of the molecule is CCC(C)SCc1nc(Cl)c(F)c(Cl)n1. The Labute approximate surface area is 103 Å². The molecule has 84 valence electrons. The Morgan fingerprint density at radius 3 is 2.33 bits per heavy atom. The quantitative estimate of drug-likeness (QED) is 0.774. The summed E-state index contributed by atoms with van der Waals surface area (Å²) < 4.78 is 13.0. The summed E-state index contributed by atoms with van der Waals surface area (Å²) in [5.41, 5.74) is 0. The Morgan fingerprint density at radius 1 is 1.33 bits per heavy atom. The molecular formula is C9H11Cl2FN2S. The molecule has 0 bridgehead atoms. The second-order valence-corrected chi connectivity index (χ2v) is 5.21. The van der Waals surface area contributed by atoms with Crippen molar-refractivity contribution in [3.05, 3.63) is 21.9 Å². The van der Waals surface area contributed by atoms with Crippen LogP contribution in [0.3, 0.4) is 0 Å². The van der Waals surface area contributed by atoms with Crippen molar-refractivity contribution >= 4 is 35.0 Å². The number of thioether (sulfide) groups is 1. The van der Waals surface area contributed by atoms with E-state index in [-0.39, 0.29) is 10.3 Å². The summed E-state index contributed by atoms with van der Waals surface area (Å²) in [6, 6.07) is 0. The highest BCUT2D eigenvalue weighted by molar-refractivity contribution is 7.99. The molecule has 1 atom stereocenters. The van der Waals surface area contributed by atoms with Gasteiger partial charge in [0.15, 0.2) is 16.1 Å². The molecule has 1 rings (SSSR count). The fourth-order valence-electron chi connectivity index (χ4n) is 0.834. The summed E-state index contributed by atoms with van der Waals surface area (Å²) in [5, 5.41) is 0.0840. The Hall–Kier alpha value is -0.0600. The Balaban J connectivity index is 2.70. The third-order valence-corrected chi connectivity index (χ3v) is 3.72. The van der Waals surface area contributed by atoms with Crippen molar-refractivity contribution in [1.29, 1.82) is 0 Å². The van der Waals surface area contributed by atoms with Gasteiger partial charge >= 0.3 is 0 Å². The van der Waals surface area contributed by atoms with E-state index in [2.05, 4.69) is 23.8 Å². The van der Waals surface area contributed by atoms with E-state index < -0.39 is 5.82 Å². The number of nitrogens with zero attached hydrogens (tertiary/aromatic N) is 2. The van der Waals surface area contributed by atoms with E-state index in [1.165, 1.54) is 0 Å². The first-order valence-electron chi connectivity index (χ1n) is 4.53. The molecule has 0 N–H and O–H groups in total. The molecular weight excluding hydrogens is 258 g/mol. The van der Waals surface area contributed by atoms with Gasteiger partial charge in [-0.05, 0) is 6.42 Å². The molecule has 0 amide bonds. The first-order chi connectivity index (χ1) is 7.04. The summed E-state index contributed by atoms with van der Waals surface area (Å²) in [7, 11) is 0. The maximum absolute atomic E-state index is 13.0. The topological polar surface area (TPSA) is 25.8 Å². The molecule has 0 spiro atoms. The van der Waals surface area contributed by atoms with Crippen LogP contribution in [0.4, 0.5) is 4.39 Å². The molecule has 0 aliphatic rings. The summed E-state index contributed by atoms with van der Waals surface area (Å²) in [5.74, 6) is 0.307. The van der Waals surface area contributed by atoms with Crippen LogP contribution >= 0.6 is 35.0 Å². The minimum absolute atomic E-state index is 0.213. The van der Waals surface area contributed by atoms with Crippen molar-refractivity contribution in [2.24, 2.45) is 0 Å². The molecule has 15 heavy (non-hydrogen) atoms. The van der Waals surface area contributed by atoms with Gasteiger partial charge in [0.25, 0.3) is 0 Å². The molecule has 0 fully saturated rings. The monoisotopic (exact) mass is 268 g/mol. The lowest BCUT2D eigenvalue weighted by Crippen LogP contribution is -2.00. The fraction of sp³-hybridized carbons (Fsp3) is 0.556. The van der Waals surface area contributed by atoms with Gasteiger partial charge in [0, 0.05) is 5.25 Å². The summed E-state index contributed by atoms with van der Waals surface area (Å²) in [4.78, 5) is 7.63. The first-order valence-corrected chi connectivity index (χ1v) is 6.34. The van der Waals surface area contributed by atoms with Crippen LogP contribution in [0.15, 0.2) is 0 Å². The zero-order valence-corrected chi connectivity index (χ0v) is 10.8. The molecule has 0 saturated carbocycles. The van der Waals surface area contributed by atoms with Gasteiger partial charge in [-0.3, -0.25) is 0 Å². The standard InChI is InChI=1S/C9H11Cl2FN2S/c1-3-5(2)15-4-6-13-8(10)7(12)9(11)14-6/h5H,3-4H2,1-2H3. The average molecular weight is 269 g/mol. The van der Waals surface area contributed by atoms with Crippen LogP contribution in [-0.4, -0.2) is 15.2 Å². The number of hydrogen-bond donors (Lipinski definition) is 0. The second kappa shape index (κ2) is 5.87. The lowest BCUT2D eigenvalue weighted by atomic mass is 10.4. The van der Waals surface area contributed by atoms with Crippen molar-refractivity contribution in [2.75, 3.05) is 0 Å². The minimum atomic E-state index is -0.754. The van der Waals surface area contributed by atoms with Crippen molar-refractivity contribution in [3.63, 3.8) is 0 Å². The molecule has 6 heteroatoms. The van der Waals surface area contributed by atoms with Gasteiger partial charge < -0.3 is 0 Å². The highest BCUT2D eigenvalue weighted by atomic mass is 35.5. The van der Waals surface area contributed by atoms with Crippen LogP contribution in [0.5, 0.6) is 0 Å². The Kier molecular flexibility index (Phi) is 5.09. The Bertz CT molecular complexity index is 326. The van der Waals surface area contributed by atoms with Gasteiger partial charge in [0.05, 0.1) is 5.75 Å². The van der Waals surface area contributed by atoms with Crippen molar-refractivity contribution in [2.45, 2.75) is 31.3 Å². The maximum Gasteiger partial charge on any atom is 0.197 e. The summed E-state index contributed by atoms with van der Waals surface area (Å²) in [6.45, 7) is 4.21. The normalized spacial score (nSPS) is 12.9. The largest absolute Gasteiger partial charge is 0.217 e. The number of hydrogen-bond acceptors (Lipinski definition) is 3. The van der Waals surface area contributed by atoms with E-state index in [0.717, 1.165) is 6.42 Å². The highest BCUT2D eigenvalue weighted by Gasteiger charge is 2.11. The molecule has 1 aromatic heterocycles. The van der Waals surface area contributed by atoms with E-state index in [4.69, 9.17) is 23.2 Å². The number of halogens is 3. The van der Waals surface area contributed by atoms with Crippen molar-refractivity contribution in [1.82, 2.24) is 9.97 Å². The second-order valence-electron chi connectivity index (χ2n) is 3.07. The summed E-state index contributed by atoms with van der Waals surface area (Å²) in [6.07, 6.45) is 1.06. The van der Waals surface area contributed by atoms with E-state index in [1.54, 1.807) is 11.8 Å². The van der Waals surface area contributed by atoms with Crippen molar-refractivity contribution < 1.29 is 4.39 Å². The van der Waals surface area contributed by atoms with Gasteiger partial charge in [-0.25, -0.2) is 14.4 Å². The fourth-order valence-corrected chi connectivity index (χ4v) is 2.05. The van der Waals surface area contributed by atoms with Crippen LogP contribution in [0.25, 0.3) is 0 Å². The first kappa shape index (κ1) is 13.0. The van der Waals surface area contributed by atoms with E-state index >= 15 is 0 Å². The van der Waals surface area contributed by atoms with E-state index in [0.29, 0.717) is 16.8 Å². The molecule has 1 heterocycles. The van der Waals surface area contributed by atoms with Gasteiger partial charge in [0.1, 0.15) is 5.82 Å². The third-order valence-electron chi connectivity index (χ3n) is 1.89. The molecule has 0 aromatic carbocycles. The smallest absolute Gasteiger partial charge is 0.197 e. The predicted molar refractivity (Wildman–Crippen MR) is 63.1 cm³/mol. The maximum atomic E-state index is 13.0. The van der Waals surface area contributed by atoms with Crippen molar-refractivity contribution in [3.8, 4) is 0 Å². The van der Waals surface area contributed by atoms with Crippen LogP contribution in [0, 0.1) is 5.82 Å². The Morgan fingerprint density at radius 2 is 1.87 bits per heavy atom. The van der Waals surface area contributed by atoms with Gasteiger partial charge in [-0.15, -0.1) is 0 Å². The van der Waals surface area contributed by atoms with Gasteiger partial charge in [-0.1, -0.05) is 37.0 Å². The molecule has 0 saturated heterocycles. The van der Waals surface area contributed by atoms with Gasteiger partial charge in [-0.2, -0.15) is 11.8 Å². The number of aromatic nitrogens is 2. The lowest BCUT2D eigenvalue weighted by molar-refractivity contribution is 0.611. The minimum Gasteiger partial charge on any atom is -0.217 e. The average Bonchev–Trinajstić information content (AvgIpc) is 2.22. The summed E-state index contributed by atoms with van der Waals surface area (Å²) >= 11 is 12.8. The predicted octanol–water partition coefficient (Wildman–Crippen LogP) is 3.95. The molecule has 1 unspecified atom stereocenters. The lowest BCUT2D eigenvalue weighted by Gasteiger charge is -2.07. The van der Waals surface area contributed by atoms with E-state index in [1.807, 2.05) is 0 Å². The van der Waals surface area contributed by atoms with E-state index in [9.17, 15) is 4.39 Å². The zero-order valence-electron chi connectivity index (χ0n) is 8.43. The van der Waals surface area contributed by atoms with Crippen LogP contribution in [0.2, 0.25) is 10.3 Å². The zero-order chi connectivity index (χ0) is 11.4. The molecule has 1 aromatic rings. The van der Waals surface area contributed by atoms with Gasteiger partial charge in [0.2, 0.25) is 0 Å². The molecule has 0 aliphatic heterocycles. The van der Waals surface area contributed by atoms with Crippen LogP contribution in [0.1, 0.15) is 26.1 Å². The third kappa shape index (κ3) is 3.78. The van der Waals surface area contributed by atoms with Crippen LogP contribution < -0.4 is 0 Å². The van der Waals surface area contributed by atoms with Crippen LogP contribution in [-0.2, 0) is 5.75 Å². The molecule has 0 aliphatic carbocycles. The molecule has 2 nitrogen and oxygen atoms in total. The highest BCUT2D eigenvalue weighted by Crippen LogP contribution is 2.22.